The van der Waals surface area contributed by atoms with Crippen LogP contribution in [0.5, 0.6) is 5.75 Å². The highest BCUT2D eigenvalue weighted by molar-refractivity contribution is 6.30. The Labute approximate surface area is 125 Å². The van der Waals surface area contributed by atoms with Crippen LogP contribution in [0.2, 0.25) is 5.02 Å². The van der Waals surface area contributed by atoms with Crippen molar-refractivity contribution < 1.29 is 9.53 Å². The molecule has 110 valence electrons. The van der Waals surface area contributed by atoms with E-state index in [0.29, 0.717) is 10.8 Å². The molecule has 0 aliphatic carbocycles. The van der Waals surface area contributed by atoms with Crippen molar-refractivity contribution >= 4 is 23.2 Å². The summed E-state index contributed by atoms with van der Waals surface area (Å²) in [5.74, 6) is 0.351. The lowest BCUT2D eigenvalue weighted by molar-refractivity contribution is -0.123. The Kier molecular flexibility index (Phi) is 5.57. The highest BCUT2D eigenvalue weighted by Gasteiger charge is 2.14. The second-order valence-electron chi connectivity index (χ2n) is 5.68. The zero-order valence-corrected chi connectivity index (χ0v) is 13.3. The molecule has 0 unspecified atom stereocenters. The molecule has 0 aliphatic rings. The van der Waals surface area contributed by atoms with Crippen molar-refractivity contribution in [1.82, 2.24) is 5.43 Å². The quantitative estimate of drug-likeness (QED) is 0.682. The number of carbonyl (C=O) groups excluding carboxylic acids is 1. The number of rotatable bonds is 4. The summed E-state index contributed by atoms with van der Waals surface area (Å²) in [4.78, 5) is 11.7. The van der Waals surface area contributed by atoms with Crippen molar-refractivity contribution in [3.05, 3.63) is 28.8 Å². The van der Waals surface area contributed by atoms with Gasteiger partial charge in [-0.1, -0.05) is 32.4 Å². The minimum Gasteiger partial charge on any atom is -0.483 e. The van der Waals surface area contributed by atoms with Gasteiger partial charge in [-0.3, -0.25) is 4.79 Å². The standard InChI is InChI=1S/C15H21ClN2O2/c1-10-8-12(16)6-7-13(10)20-9-14(19)18-17-11(2)15(3,4)5/h6-8H,9H2,1-5H3,(H,18,19). The van der Waals surface area contributed by atoms with Gasteiger partial charge in [0.1, 0.15) is 5.75 Å². The predicted octanol–water partition coefficient (Wildman–Crippen LogP) is 3.57. The zero-order valence-electron chi connectivity index (χ0n) is 12.6. The number of nitrogens with one attached hydrogen (secondary N) is 1. The number of hydrogen-bond donors (Lipinski definition) is 1. The van der Waals surface area contributed by atoms with Crippen molar-refractivity contribution in [2.45, 2.75) is 34.6 Å². The maximum atomic E-state index is 11.7. The fourth-order valence-electron chi connectivity index (χ4n) is 1.26. The molecule has 1 N–H and O–H groups in total. The van der Waals surface area contributed by atoms with E-state index in [-0.39, 0.29) is 17.9 Å². The highest BCUT2D eigenvalue weighted by atomic mass is 35.5. The minimum absolute atomic E-state index is 0.0685. The molecular weight excluding hydrogens is 276 g/mol. The summed E-state index contributed by atoms with van der Waals surface area (Å²) in [5, 5.41) is 4.70. The van der Waals surface area contributed by atoms with Crippen LogP contribution < -0.4 is 10.2 Å². The van der Waals surface area contributed by atoms with Crippen LogP contribution in [0, 0.1) is 12.3 Å². The summed E-state index contributed by atoms with van der Waals surface area (Å²) in [7, 11) is 0. The summed E-state index contributed by atoms with van der Waals surface area (Å²) >= 11 is 5.85. The number of halogens is 1. The summed E-state index contributed by atoms with van der Waals surface area (Å²) in [6.07, 6.45) is 0. The third-order valence-corrected chi connectivity index (χ3v) is 3.16. The van der Waals surface area contributed by atoms with Crippen LogP contribution in [0.3, 0.4) is 0 Å². The first-order valence-corrected chi connectivity index (χ1v) is 6.80. The molecule has 0 bridgehead atoms. The monoisotopic (exact) mass is 296 g/mol. The average Bonchev–Trinajstić information content (AvgIpc) is 2.33. The van der Waals surface area contributed by atoms with Crippen LogP contribution >= 0.6 is 11.6 Å². The van der Waals surface area contributed by atoms with E-state index in [1.165, 1.54) is 0 Å². The number of nitrogens with zero attached hydrogens (tertiary/aromatic N) is 1. The molecule has 0 saturated heterocycles. The Balaban J connectivity index is 2.52. The van der Waals surface area contributed by atoms with E-state index >= 15 is 0 Å². The van der Waals surface area contributed by atoms with Gasteiger partial charge in [0, 0.05) is 16.1 Å². The van der Waals surface area contributed by atoms with Crippen LogP contribution in [-0.2, 0) is 4.79 Å². The Morgan fingerprint density at radius 3 is 2.60 bits per heavy atom. The molecule has 0 aromatic heterocycles. The number of amides is 1. The number of hydrazone groups is 1. The van der Waals surface area contributed by atoms with Gasteiger partial charge in [0.15, 0.2) is 6.61 Å². The van der Waals surface area contributed by atoms with Gasteiger partial charge < -0.3 is 4.74 Å². The lowest BCUT2D eigenvalue weighted by Crippen LogP contribution is -2.28. The van der Waals surface area contributed by atoms with Crippen LogP contribution in [0.25, 0.3) is 0 Å². The largest absolute Gasteiger partial charge is 0.483 e. The molecule has 0 spiro atoms. The van der Waals surface area contributed by atoms with Crippen LogP contribution in [0.4, 0.5) is 0 Å². The third kappa shape index (κ3) is 5.21. The highest BCUT2D eigenvalue weighted by Crippen LogP contribution is 2.21. The van der Waals surface area contributed by atoms with E-state index in [2.05, 4.69) is 10.5 Å². The lowest BCUT2D eigenvalue weighted by Gasteiger charge is -2.17. The molecule has 1 amide bonds. The van der Waals surface area contributed by atoms with Gasteiger partial charge in [-0.2, -0.15) is 5.10 Å². The Hall–Kier alpha value is -1.55. The van der Waals surface area contributed by atoms with Gasteiger partial charge in [0.25, 0.3) is 5.91 Å². The molecule has 0 heterocycles. The first-order chi connectivity index (χ1) is 9.20. The molecule has 1 aromatic carbocycles. The Bertz CT molecular complexity index is 519. The summed E-state index contributed by atoms with van der Waals surface area (Å²) < 4.78 is 5.43. The molecule has 4 nitrogen and oxygen atoms in total. The van der Waals surface area contributed by atoms with Crippen LogP contribution in [0.1, 0.15) is 33.3 Å². The van der Waals surface area contributed by atoms with Crippen molar-refractivity contribution in [1.29, 1.82) is 0 Å². The van der Waals surface area contributed by atoms with Crippen molar-refractivity contribution in [2.24, 2.45) is 10.5 Å². The second-order valence-corrected chi connectivity index (χ2v) is 6.12. The van der Waals surface area contributed by atoms with Gasteiger partial charge in [0.2, 0.25) is 0 Å². The Morgan fingerprint density at radius 1 is 1.40 bits per heavy atom. The number of aryl methyl sites for hydroxylation is 1. The molecule has 0 saturated carbocycles. The normalized spacial score (nSPS) is 12.2. The minimum atomic E-state index is -0.289. The topological polar surface area (TPSA) is 50.7 Å². The van der Waals surface area contributed by atoms with Gasteiger partial charge in [-0.15, -0.1) is 0 Å². The number of ether oxygens (including phenoxy) is 1. The third-order valence-electron chi connectivity index (χ3n) is 2.93. The lowest BCUT2D eigenvalue weighted by atomic mass is 9.91. The molecule has 5 heteroatoms. The zero-order chi connectivity index (χ0) is 15.3. The van der Waals surface area contributed by atoms with E-state index < -0.39 is 0 Å². The van der Waals surface area contributed by atoms with Crippen molar-refractivity contribution in [3.63, 3.8) is 0 Å². The molecule has 0 fully saturated rings. The Morgan fingerprint density at radius 2 is 2.05 bits per heavy atom. The molecule has 0 radical (unpaired) electrons. The van der Waals surface area contributed by atoms with Gasteiger partial charge >= 0.3 is 0 Å². The first-order valence-electron chi connectivity index (χ1n) is 6.42. The van der Waals surface area contributed by atoms with E-state index in [1.807, 2.05) is 34.6 Å². The van der Waals surface area contributed by atoms with E-state index in [1.54, 1.807) is 18.2 Å². The molecule has 0 aliphatic heterocycles. The van der Waals surface area contributed by atoms with Crippen molar-refractivity contribution in [3.8, 4) is 5.75 Å². The summed E-state index contributed by atoms with van der Waals surface area (Å²) in [5.41, 5.74) is 4.16. The number of hydrogen-bond acceptors (Lipinski definition) is 3. The fourth-order valence-corrected chi connectivity index (χ4v) is 1.49. The number of carbonyl (C=O) groups is 1. The van der Waals surface area contributed by atoms with Gasteiger partial charge in [-0.25, -0.2) is 5.43 Å². The van der Waals surface area contributed by atoms with Crippen LogP contribution in [0.15, 0.2) is 23.3 Å². The maximum Gasteiger partial charge on any atom is 0.277 e. The average molecular weight is 297 g/mol. The van der Waals surface area contributed by atoms with Crippen molar-refractivity contribution in [2.75, 3.05) is 6.61 Å². The molecule has 1 aromatic rings. The molecule has 20 heavy (non-hydrogen) atoms. The SMILES string of the molecule is CC(=NNC(=O)COc1ccc(Cl)cc1C)C(C)(C)C. The molecule has 0 atom stereocenters. The maximum absolute atomic E-state index is 11.7. The first kappa shape index (κ1) is 16.5. The predicted molar refractivity (Wildman–Crippen MR) is 82.4 cm³/mol. The van der Waals surface area contributed by atoms with Gasteiger partial charge in [-0.05, 0) is 37.6 Å². The summed E-state index contributed by atoms with van der Waals surface area (Å²) in [6.45, 7) is 9.78. The van der Waals surface area contributed by atoms with E-state index in [9.17, 15) is 4.79 Å². The van der Waals surface area contributed by atoms with Gasteiger partial charge in [0.05, 0.1) is 0 Å². The molecule has 1 rings (SSSR count). The molecular formula is C15H21ClN2O2. The fraction of sp³-hybridized carbons (Fsp3) is 0.467. The number of benzene rings is 1. The van der Waals surface area contributed by atoms with Crippen LogP contribution in [-0.4, -0.2) is 18.2 Å². The van der Waals surface area contributed by atoms with E-state index in [4.69, 9.17) is 16.3 Å². The smallest absolute Gasteiger partial charge is 0.277 e. The second kappa shape index (κ2) is 6.75. The van der Waals surface area contributed by atoms with E-state index in [0.717, 1.165) is 11.3 Å². The summed E-state index contributed by atoms with van der Waals surface area (Å²) in [6, 6.07) is 5.26.